The van der Waals surface area contributed by atoms with Gasteiger partial charge in [-0.2, -0.15) is 0 Å². The highest BCUT2D eigenvalue weighted by Crippen LogP contribution is 2.64. The average Bonchev–Trinajstić information content (AvgIpc) is 3.25. The number of benzene rings is 2. The minimum absolute atomic E-state index is 0.305. The average molecular weight is 383 g/mol. The largest absolute Gasteiger partial charge is 0.420 e. The van der Waals surface area contributed by atoms with Gasteiger partial charge in [0.15, 0.2) is 0 Å². The Morgan fingerprint density at radius 2 is 1.69 bits per heavy atom. The fourth-order valence-electron chi connectivity index (χ4n) is 4.73. The van der Waals surface area contributed by atoms with Crippen LogP contribution >= 0.6 is 0 Å². The molecule has 1 saturated carbocycles. The Hall–Kier alpha value is -3.28. The van der Waals surface area contributed by atoms with Gasteiger partial charge in [-0.3, -0.25) is 0 Å². The summed E-state index contributed by atoms with van der Waals surface area (Å²) in [6.07, 6.45) is 5.06. The summed E-state index contributed by atoms with van der Waals surface area (Å²) in [6, 6.07) is 18.2. The van der Waals surface area contributed by atoms with Gasteiger partial charge < -0.3 is 9.32 Å². The second-order valence-electron chi connectivity index (χ2n) is 8.13. The van der Waals surface area contributed by atoms with E-state index in [-0.39, 0.29) is 0 Å². The number of aromatic nitrogens is 4. The number of hydrogen-bond donors (Lipinski definition) is 0. The fourth-order valence-corrected chi connectivity index (χ4v) is 4.73. The molecule has 6 nitrogen and oxygen atoms in total. The third-order valence-corrected chi connectivity index (χ3v) is 6.53. The SMILES string of the molecule is c1ccc(-c2nnc([C@H]3CC34CCN(c3ncnc5ccccc35)CC4)o2)cc1. The van der Waals surface area contributed by atoms with Gasteiger partial charge in [0.25, 0.3) is 0 Å². The summed E-state index contributed by atoms with van der Waals surface area (Å²) in [5, 5.41) is 9.78. The molecular formula is C23H21N5O. The Morgan fingerprint density at radius 1 is 0.897 bits per heavy atom. The van der Waals surface area contributed by atoms with Crippen molar-refractivity contribution in [1.82, 2.24) is 20.2 Å². The Kier molecular flexibility index (Phi) is 3.66. The van der Waals surface area contributed by atoms with Crippen LogP contribution in [0.2, 0.25) is 0 Å². The topological polar surface area (TPSA) is 67.9 Å². The lowest BCUT2D eigenvalue weighted by atomic mass is 9.90. The molecule has 6 heteroatoms. The molecule has 1 atom stereocenters. The standard InChI is InChI=1S/C23H21N5O/c1-2-6-16(7-3-1)21-26-27-22(29-21)18-14-23(18)10-12-28(13-11-23)20-17-8-4-5-9-19(17)24-15-25-20/h1-9,15,18H,10-14H2/t18-/m1/s1. The number of hydrogen-bond acceptors (Lipinski definition) is 6. The van der Waals surface area contributed by atoms with E-state index in [1.54, 1.807) is 6.33 Å². The lowest BCUT2D eigenvalue weighted by Gasteiger charge is -2.34. The highest BCUT2D eigenvalue weighted by molar-refractivity contribution is 5.89. The van der Waals surface area contributed by atoms with Gasteiger partial charge in [-0.05, 0) is 48.9 Å². The second kappa shape index (κ2) is 6.37. The van der Waals surface area contributed by atoms with E-state index in [9.17, 15) is 0 Å². The molecular weight excluding hydrogens is 362 g/mol. The molecule has 3 heterocycles. The molecule has 1 saturated heterocycles. The summed E-state index contributed by atoms with van der Waals surface area (Å²) < 4.78 is 6.03. The maximum atomic E-state index is 6.03. The van der Waals surface area contributed by atoms with Crippen molar-refractivity contribution in [3.8, 4) is 11.5 Å². The third-order valence-electron chi connectivity index (χ3n) is 6.53. The zero-order valence-corrected chi connectivity index (χ0v) is 16.0. The molecule has 0 N–H and O–H groups in total. The number of fused-ring (bicyclic) bond motifs is 1. The van der Waals surface area contributed by atoms with Crippen molar-refractivity contribution >= 4 is 16.7 Å². The first kappa shape index (κ1) is 16.7. The molecule has 0 bridgehead atoms. The predicted octanol–water partition coefficient (Wildman–Crippen LogP) is 4.45. The van der Waals surface area contributed by atoms with Gasteiger partial charge in [0.05, 0.1) is 5.52 Å². The molecule has 2 fully saturated rings. The van der Waals surface area contributed by atoms with Crippen molar-refractivity contribution in [2.24, 2.45) is 5.41 Å². The molecule has 1 aliphatic carbocycles. The summed E-state index contributed by atoms with van der Waals surface area (Å²) in [7, 11) is 0. The summed E-state index contributed by atoms with van der Waals surface area (Å²) in [5.41, 5.74) is 2.28. The van der Waals surface area contributed by atoms with Gasteiger partial charge in [-0.25, -0.2) is 9.97 Å². The quantitative estimate of drug-likeness (QED) is 0.520. The number of anilines is 1. The first-order chi connectivity index (χ1) is 14.3. The van der Waals surface area contributed by atoms with Crippen LogP contribution in [0.4, 0.5) is 5.82 Å². The van der Waals surface area contributed by atoms with E-state index in [0.29, 0.717) is 17.2 Å². The van der Waals surface area contributed by atoms with E-state index in [4.69, 9.17) is 4.42 Å². The Morgan fingerprint density at radius 3 is 2.55 bits per heavy atom. The predicted molar refractivity (Wildman–Crippen MR) is 111 cm³/mol. The zero-order chi connectivity index (χ0) is 19.3. The van der Waals surface area contributed by atoms with Gasteiger partial charge in [-0.15, -0.1) is 10.2 Å². The molecule has 144 valence electrons. The molecule has 6 rings (SSSR count). The number of para-hydroxylation sites is 1. The fraction of sp³-hybridized carbons (Fsp3) is 0.304. The molecule has 1 aliphatic heterocycles. The van der Waals surface area contributed by atoms with Crippen LogP contribution in [0.1, 0.15) is 31.1 Å². The van der Waals surface area contributed by atoms with E-state index in [1.165, 1.54) is 0 Å². The molecule has 1 spiro atoms. The van der Waals surface area contributed by atoms with E-state index in [2.05, 4.69) is 37.2 Å². The summed E-state index contributed by atoms with van der Waals surface area (Å²) in [5.74, 6) is 2.85. The van der Waals surface area contributed by atoms with Crippen molar-refractivity contribution in [3.05, 3.63) is 66.8 Å². The van der Waals surface area contributed by atoms with Crippen molar-refractivity contribution in [2.75, 3.05) is 18.0 Å². The van der Waals surface area contributed by atoms with Gasteiger partial charge >= 0.3 is 0 Å². The monoisotopic (exact) mass is 383 g/mol. The molecule has 4 aromatic rings. The molecule has 2 aliphatic rings. The molecule has 29 heavy (non-hydrogen) atoms. The molecule has 0 amide bonds. The molecule has 2 aromatic heterocycles. The summed E-state index contributed by atoms with van der Waals surface area (Å²) >= 11 is 0. The zero-order valence-electron chi connectivity index (χ0n) is 16.0. The van der Waals surface area contributed by atoms with Crippen LogP contribution in [-0.2, 0) is 0 Å². The first-order valence-electron chi connectivity index (χ1n) is 10.2. The lowest BCUT2D eigenvalue weighted by Crippen LogP contribution is -2.35. The molecule has 0 radical (unpaired) electrons. The Bertz CT molecular complexity index is 1160. The van der Waals surface area contributed by atoms with Crippen molar-refractivity contribution in [3.63, 3.8) is 0 Å². The van der Waals surface area contributed by atoms with Crippen LogP contribution in [0.5, 0.6) is 0 Å². The van der Waals surface area contributed by atoms with Crippen molar-refractivity contribution in [2.45, 2.75) is 25.2 Å². The number of piperidine rings is 1. The maximum Gasteiger partial charge on any atom is 0.247 e. The number of rotatable bonds is 3. The van der Waals surface area contributed by atoms with Gasteiger partial charge in [-0.1, -0.05) is 30.3 Å². The van der Waals surface area contributed by atoms with Gasteiger partial charge in [0.2, 0.25) is 11.8 Å². The lowest BCUT2D eigenvalue weighted by molar-refractivity contribution is 0.352. The van der Waals surface area contributed by atoms with E-state index < -0.39 is 0 Å². The minimum atomic E-state index is 0.305. The highest BCUT2D eigenvalue weighted by atomic mass is 16.4. The molecule has 0 unspecified atom stereocenters. The van der Waals surface area contributed by atoms with Gasteiger partial charge in [0, 0.05) is 30.0 Å². The third kappa shape index (κ3) is 2.78. The summed E-state index contributed by atoms with van der Waals surface area (Å²) in [6.45, 7) is 1.99. The Labute approximate surface area is 168 Å². The first-order valence-corrected chi connectivity index (χ1v) is 10.2. The Balaban J connectivity index is 1.18. The molecule has 2 aromatic carbocycles. The minimum Gasteiger partial charge on any atom is -0.420 e. The van der Waals surface area contributed by atoms with E-state index in [0.717, 1.165) is 60.5 Å². The van der Waals surface area contributed by atoms with Crippen LogP contribution in [0.15, 0.2) is 65.3 Å². The van der Waals surface area contributed by atoms with Crippen LogP contribution in [-0.4, -0.2) is 33.3 Å². The van der Waals surface area contributed by atoms with Crippen molar-refractivity contribution < 1.29 is 4.42 Å². The second-order valence-corrected chi connectivity index (χ2v) is 8.13. The van der Waals surface area contributed by atoms with Crippen LogP contribution in [0.25, 0.3) is 22.4 Å². The summed E-state index contributed by atoms with van der Waals surface area (Å²) in [4.78, 5) is 11.4. The van der Waals surface area contributed by atoms with Crippen LogP contribution in [0, 0.1) is 5.41 Å². The van der Waals surface area contributed by atoms with E-state index >= 15 is 0 Å². The van der Waals surface area contributed by atoms with Crippen LogP contribution < -0.4 is 4.90 Å². The van der Waals surface area contributed by atoms with Gasteiger partial charge in [0.1, 0.15) is 12.1 Å². The van der Waals surface area contributed by atoms with E-state index in [1.807, 2.05) is 42.5 Å². The van der Waals surface area contributed by atoms with Crippen molar-refractivity contribution in [1.29, 1.82) is 0 Å². The number of nitrogens with zero attached hydrogens (tertiary/aromatic N) is 5. The van der Waals surface area contributed by atoms with Crippen LogP contribution in [0.3, 0.4) is 0 Å². The smallest absolute Gasteiger partial charge is 0.247 e. The normalized spacial score (nSPS) is 20.3. The highest BCUT2D eigenvalue weighted by Gasteiger charge is 2.58. The maximum absolute atomic E-state index is 6.03.